The molecule has 0 amide bonds. The molecule has 162 valence electrons. The van der Waals surface area contributed by atoms with E-state index in [2.05, 4.69) is 4.72 Å². The van der Waals surface area contributed by atoms with Crippen LogP contribution < -0.4 is 14.9 Å². The third-order valence-corrected chi connectivity index (χ3v) is 6.84. The van der Waals surface area contributed by atoms with Crippen molar-refractivity contribution in [2.45, 2.75) is 50.2 Å². The van der Waals surface area contributed by atoms with E-state index in [1.54, 1.807) is 0 Å². The average molecular weight is 439 g/mol. The molecule has 6 nitrogen and oxygen atoms in total. The molecule has 0 aliphatic carbocycles. The Hall–Kier alpha value is -2.01. The summed E-state index contributed by atoms with van der Waals surface area (Å²) in [4.78, 5) is 0.0233. The van der Waals surface area contributed by atoms with Crippen LogP contribution in [0.15, 0.2) is 47.4 Å². The van der Waals surface area contributed by atoms with Crippen molar-refractivity contribution in [2.75, 3.05) is 7.05 Å². The molecular formula is C20H24BF2NO5S. The largest absolute Gasteiger partial charge is 0.498 e. The fraction of sp³-hybridized carbons (Fsp3) is 0.400. The van der Waals surface area contributed by atoms with Crippen LogP contribution in [0.4, 0.5) is 8.78 Å². The van der Waals surface area contributed by atoms with Gasteiger partial charge in [-0.3, -0.25) is 0 Å². The highest BCUT2D eigenvalue weighted by molar-refractivity contribution is 7.89. The Kier molecular flexibility index (Phi) is 5.99. The van der Waals surface area contributed by atoms with Crippen LogP contribution in [-0.4, -0.2) is 33.8 Å². The number of ether oxygens (including phenoxy) is 1. The van der Waals surface area contributed by atoms with E-state index < -0.39 is 34.8 Å². The molecule has 1 saturated heterocycles. The molecule has 2 aromatic rings. The number of alkyl halides is 2. The van der Waals surface area contributed by atoms with Gasteiger partial charge >= 0.3 is 7.12 Å². The van der Waals surface area contributed by atoms with Gasteiger partial charge in [0.25, 0.3) is 6.43 Å². The first kappa shape index (κ1) is 22.7. The maximum Gasteiger partial charge on any atom is 0.498 e. The van der Waals surface area contributed by atoms with Crippen LogP contribution in [-0.2, 0) is 19.3 Å². The van der Waals surface area contributed by atoms with Gasteiger partial charge in [0.15, 0.2) is 0 Å². The highest BCUT2D eigenvalue weighted by Crippen LogP contribution is 2.38. The van der Waals surface area contributed by atoms with E-state index in [-0.39, 0.29) is 10.5 Å². The first-order valence-corrected chi connectivity index (χ1v) is 10.8. The summed E-state index contributed by atoms with van der Waals surface area (Å²) < 4.78 is 70.4. The first-order valence-electron chi connectivity index (χ1n) is 9.35. The van der Waals surface area contributed by atoms with Crippen molar-refractivity contribution in [1.29, 1.82) is 0 Å². The lowest BCUT2D eigenvalue weighted by atomic mass is 9.78. The third kappa shape index (κ3) is 4.37. The zero-order valence-corrected chi connectivity index (χ0v) is 18.2. The Morgan fingerprint density at radius 3 is 2.07 bits per heavy atom. The molecule has 0 aromatic heterocycles. The number of hydrogen-bond acceptors (Lipinski definition) is 5. The maximum absolute atomic E-state index is 12.8. The van der Waals surface area contributed by atoms with E-state index in [0.29, 0.717) is 17.0 Å². The lowest BCUT2D eigenvalue weighted by molar-refractivity contribution is 0.00578. The van der Waals surface area contributed by atoms with Gasteiger partial charge in [-0.2, -0.15) is 0 Å². The standard InChI is InChI=1S/C20H24BF2NO5S/c1-19(2)20(3,4)29-21(28-19)16-12-15(30(25,26)24-5)10-11-17(16)27-14-8-6-13(7-9-14)18(22)23/h6-12,18,24H,1-5H3. The van der Waals surface area contributed by atoms with Crippen LogP contribution in [0.3, 0.4) is 0 Å². The molecule has 0 atom stereocenters. The number of rotatable bonds is 6. The van der Waals surface area contributed by atoms with Crippen LogP contribution in [0.5, 0.6) is 11.5 Å². The summed E-state index contributed by atoms with van der Waals surface area (Å²) in [5.41, 5.74) is -1.04. The molecule has 0 radical (unpaired) electrons. The molecule has 0 unspecified atom stereocenters. The van der Waals surface area contributed by atoms with Crippen molar-refractivity contribution in [3.8, 4) is 11.5 Å². The number of benzene rings is 2. The summed E-state index contributed by atoms with van der Waals surface area (Å²) in [5, 5.41) is 0. The normalized spacial score (nSPS) is 18.1. The van der Waals surface area contributed by atoms with Crippen LogP contribution in [0.2, 0.25) is 0 Å². The Morgan fingerprint density at radius 2 is 1.57 bits per heavy atom. The molecule has 1 aliphatic rings. The second-order valence-corrected chi connectivity index (χ2v) is 9.85. The number of sulfonamides is 1. The van der Waals surface area contributed by atoms with E-state index >= 15 is 0 Å². The summed E-state index contributed by atoms with van der Waals surface area (Å²) >= 11 is 0. The molecule has 0 spiro atoms. The quantitative estimate of drug-likeness (QED) is 0.697. The summed E-state index contributed by atoms with van der Waals surface area (Å²) in [6.45, 7) is 7.52. The highest BCUT2D eigenvalue weighted by atomic mass is 32.2. The minimum atomic E-state index is -3.71. The van der Waals surface area contributed by atoms with Crippen LogP contribution in [0.25, 0.3) is 0 Å². The predicted molar refractivity (Wildman–Crippen MR) is 110 cm³/mol. The van der Waals surface area contributed by atoms with Gasteiger partial charge in [-0.15, -0.1) is 0 Å². The fourth-order valence-corrected chi connectivity index (χ4v) is 3.63. The van der Waals surface area contributed by atoms with Crippen LogP contribution >= 0.6 is 0 Å². The summed E-state index contributed by atoms with van der Waals surface area (Å²) in [6, 6.07) is 9.70. The Balaban J connectivity index is 2.02. The lowest BCUT2D eigenvalue weighted by Gasteiger charge is -2.32. The zero-order chi connectivity index (χ0) is 22.3. The molecule has 30 heavy (non-hydrogen) atoms. The highest BCUT2D eigenvalue weighted by Gasteiger charge is 2.52. The Morgan fingerprint density at radius 1 is 1.00 bits per heavy atom. The smallest absolute Gasteiger partial charge is 0.458 e. The Bertz CT molecular complexity index is 1010. The minimum absolute atomic E-state index is 0.0233. The molecule has 0 bridgehead atoms. The molecule has 3 rings (SSSR count). The predicted octanol–water partition coefficient (Wildman–Crippen LogP) is 3.62. The zero-order valence-electron chi connectivity index (χ0n) is 17.4. The van der Waals surface area contributed by atoms with E-state index in [1.165, 1.54) is 49.5 Å². The molecule has 2 aromatic carbocycles. The van der Waals surface area contributed by atoms with Crippen molar-refractivity contribution in [2.24, 2.45) is 0 Å². The lowest BCUT2D eigenvalue weighted by Crippen LogP contribution is -2.41. The van der Waals surface area contributed by atoms with Gasteiger partial charge in [0.1, 0.15) is 11.5 Å². The SMILES string of the molecule is CNS(=O)(=O)c1ccc(Oc2ccc(C(F)F)cc2)c(B2OC(C)(C)C(C)(C)O2)c1. The molecule has 10 heteroatoms. The minimum Gasteiger partial charge on any atom is -0.458 e. The van der Waals surface area contributed by atoms with Gasteiger partial charge < -0.3 is 14.0 Å². The molecule has 1 heterocycles. The van der Waals surface area contributed by atoms with E-state index in [9.17, 15) is 17.2 Å². The van der Waals surface area contributed by atoms with Crippen LogP contribution in [0, 0.1) is 0 Å². The van der Waals surface area contributed by atoms with E-state index in [4.69, 9.17) is 14.0 Å². The monoisotopic (exact) mass is 439 g/mol. The first-order chi connectivity index (χ1) is 13.9. The van der Waals surface area contributed by atoms with Crippen molar-refractivity contribution < 1.29 is 31.2 Å². The molecule has 0 saturated carbocycles. The Labute approximate surface area is 175 Å². The van der Waals surface area contributed by atoms with Gasteiger partial charge in [-0.1, -0.05) is 0 Å². The van der Waals surface area contributed by atoms with Crippen molar-refractivity contribution in [3.05, 3.63) is 48.0 Å². The van der Waals surface area contributed by atoms with Gasteiger partial charge in [0, 0.05) is 11.0 Å². The second-order valence-electron chi connectivity index (χ2n) is 7.97. The number of hydrogen-bond donors (Lipinski definition) is 1. The van der Waals surface area contributed by atoms with Gasteiger partial charge in [-0.05, 0) is 77.2 Å². The van der Waals surface area contributed by atoms with Gasteiger partial charge in [0.05, 0.1) is 16.1 Å². The summed E-state index contributed by atoms with van der Waals surface area (Å²) in [7, 11) is -3.27. The van der Waals surface area contributed by atoms with E-state index in [1.807, 2.05) is 27.7 Å². The van der Waals surface area contributed by atoms with Crippen molar-refractivity contribution in [1.82, 2.24) is 4.72 Å². The topological polar surface area (TPSA) is 73.9 Å². The third-order valence-electron chi connectivity index (χ3n) is 5.43. The summed E-state index contributed by atoms with van der Waals surface area (Å²) in [5.74, 6) is 0.620. The maximum atomic E-state index is 12.8. The molecule has 1 aliphatic heterocycles. The average Bonchev–Trinajstić information content (AvgIpc) is 2.89. The number of halogens is 2. The van der Waals surface area contributed by atoms with Gasteiger partial charge in [-0.25, -0.2) is 21.9 Å². The second kappa shape index (κ2) is 7.92. The number of nitrogens with one attached hydrogen (secondary N) is 1. The van der Waals surface area contributed by atoms with Gasteiger partial charge in [0.2, 0.25) is 10.0 Å². The van der Waals surface area contributed by atoms with E-state index in [0.717, 1.165) is 0 Å². The van der Waals surface area contributed by atoms with Crippen molar-refractivity contribution >= 4 is 22.6 Å². The molecule has 1 fully saturated rings. The van der Waals surface area contributed by atoms with Crippen LogP contribution in [0.1, 0.15) is 39.7 Å². The summed E-state index contributed by atoms with van der Waals surface area (Å²) in [6.07, 6.45) is -2.58. The fourth-order valence-electron chi connectivity index (χ4n) is 2.87. The molecule has 1 N–H and O–H groups in total. The van der Waals surface area contributed by atoms with Crippen molar-refractivity contribution in [3.63, 3.8) is 0 Å². The molecular weight excluding hydrogens is 415 g/mol.